The Balaban J connectivity index is 1.53. The van der Waals surface area contributed by atoms with Crippen molar-refractivity contribution in [3.8, 4) is 11.4 Å². The largest absolute Gasteiger partial charge is 0.308 e. The van der Waals surface area contributed by atoms with Crippen LogP contribution in [0.2, 0.25) is 0 Å². The van der Waals surface area contributed by atoms with Crippen LogP contribution in [0.15, 0.2) is 53.7 Å². The van der Waals surface area contributed by atoms with Gasteiger partial charge in [0.15, 0.2) is 11.0 Å². The predicted octanol–water partition coefficient (Wildman–Crippen LogP) is 4.34. The molecule has 0 saturated carbocycles. The van der Waals surface area contributed by atoms with Gasteiger partial charge in [-0.2, -0.15) is 0 Å². The number of para-hydroxylation sites is 1. The summed E-state index contributed by atoms with van der Waals surface area (Å²) in [5.41, 5.74) is 4.53. The second-order valence-corrected chi connectivity index (χ2v) is 8.04. The van der Waals surface area contributed by atoms with Crippen LogP contribution in [0.4, 0.5) is 5.69 Å². The van der Waals surface area contributed by atoms with Crippen LogP contribution in [0.3, 0.4) is 0 Å². The second kappa shape index (κ2) is 7.80. The number of hydrogen-bond acceptors (Lipinski definition) is 4. The Morgan fingerprint density at radius 2 is 1.89 bits per heavy atom. The Labute approximate surface area is 169 Å². The summed E-state index contributed by atoms with van der Waals surface area (Å²) in [6, 6.07) is 16.5. The lowest BCUT2D eigenvalue weighted by Crippen LogP contribution is -2.37. The number of fused-ring (bicyclic) bond motifs is 1. The molecule has 1 aliphatic rings. The van der Waals surface area contributed by atoms with Gasteiger partial charge in [-0.1, -0.05) is 54.2 Å². The van der Waals surface area contributed by atoms with Gasteiger partial charge in [-0.05, 0) is 44.4 Å². The third-order valence-corrected chi connectivity index (χ3v) is 6.17. The van der Waals surface area contributed by atoms with Crippen molar-refractivity contribution in [1.82, 2.24) is 14.8 Å². The molecule has 1 amide bonds. The van der Waals surface area contributed by atoms with Crippen LogP contribution in [0.25, 0.3) is 11.4 Å². The first kappa shape index (κ1) is 18.7. The van der Waals surface area contributed by atoms with Crippen molar-refractivity contribution in [2.24, 2.45) is 0 Å². The summed E-state index contributed by atoms with van der Waals surface area (Å²) in [7, 11) is 0. The molecule has 4 rings (SSSR count). The topological polar surface area (TPSA) is 51.0 Å². The van der Waals surface area contributed by atoms with Crippen molar-refractivity contribution >= 4 is 23.4 Å². The number of hydrogen-bond donors (Lipinski definition) is 0. The molecular formula is C22H24N4OS. The fourth-order valence-corrected chi connectivity index (χ4v) is 4.71. The lowest BCUT2D eigenvalue weighted by molar-refractivity contribution is -0.116. The molecular weight excluding hydrogens is 368 g/mol. The van der Waals surface area contributed by atoms with Gasteiger partial charge in [0.25, 0.3) is 0 Å². The van der Waals surface area contributed by atoms with Gasteiger partial charge in [0.1, 0.15) is 0 Å². The van der Waals surface area contributed by atoms with Crippen molar-refractivity contribution in [1.29, 1.82) is 0 Å². The third kappa shape index (κ3) is 3.33. The van der Waals surface area contributed by atoms with Crippen molar-refractivity contribution in [2.45, 2.75) is 44.9 Å². The maximum Gasteiger partial charge on any atom is 0.237 e. The minimum Gasteiger partial charge on any atom is -0.308 e. The molecule has 1 atom stereocenters. The van der Waals surface area contributed by atoms with E-state index in [2.05, 4.69) is 53.7 Å². The van der Waals surface area contributed by atoms with E-state index < -0.39 is 0 Å². The summed E-state index contributed by atoms with van der Waals surface area (Å²) in [5, 5.41) is 9.57. The van der Waals surface area contributed by atoms with Gasteiger partial charge in [-0.15, -0.1) is 10.2 Å². The van der Waals surface area contributed by atoms with Crippen molar-refractivity contribution in [2.75, 3.05) is 10.7 Å². The number of thioether (sulfide) groups is 1. The highest BCUT2D eigenvalue weighted by atomic mass is 32.2. The number of anilines is 1. The van der Waals surface area contributed by atoms with E-state index in [4.69, 9.17) is 0 Å². The summed E-state index contributed by atoms with van der Waals surface area (Å²) >= 11 is 1.46. The molecule has 0 bridgehead atoms. The number of benzene rings is 2. The van der Waals surface area contributed by atoms with E-state index in [9.17, 15) is 4.79 Å². The van der Waals surface area contributed by atoms with Gasteiger partial charge in [0.05, 0.1) is 5.75 Å². The maximum absolute atomic E-state index is 13.0. The predicted molar refractivity (Wildman–Crippen MR) is 114 cm³/mol. The molecule has 0 spiro atoms. The van der Waals surface area contributed by atoms with Gasteiger partial charge < -0.3 is 9.47 Å². The average Bonchev–Trinajstić information content (AvgIpc) is 3.26. The van der Waals surface area contributed by atoms with Crippen LogP contribution >= 0.6 is 11.8 Å². The quantitative estimate of drug-likeness (QED) is 0.606. The fraction of sp³-hybridized carbons (Fsp3) is 0.318. The summed E-state index contributed by atoms with van der Waals surface area (Å²) in [5.74, 6) is 1.32. The Morgan fingerprint density at radius 1 is 1.14 bits per heavy atom. The molecule has 28 heavy (non-hydrogen) atoms. The highest BCUT2D eigenvalue weighted by molar-refractivity contribution is 7.99. The van der Waals surface area contributed by atoms with Gasteiger partial charge >= 0.3 is 0 Å². The Morgan fingerprint density at radius 3 is 2.68 bits per heavy atom. The Hall–Kier alpha value is -2.60. The molecule has 0 saturated heterocycles. The molecule has 5 nitrogen and oxygen atoms in total. The lowest BCUT2D eigenvalue weighted by atomic mass is 10.1. The van der Waals surface area contributed by atoms with Gasteiger partial charge in [0, 0.05) is 23.8 Å². The summed E-state index contributed by atoms with van der Waals surface area (Å²) in [6.45, 7) is 7.02. The maximum atomic E-state index is 13.0. The Bertz CT molecular complexity index is 1010. The standard InChI is InChI=1S/C22H24N4OS/c1-4-25-21(18-11-7-5-9-15(18)2)23-24-22(25)28-14-20(27)26-16(3)13-17-10-6-8-12-19(17)26/h5-12,16H,4,13-14H2,1-3H3/t16-/m1/s1. The number of aryl methyl sites for hydroxylation is 1. The van der Waals surface area contributed by atoms with Gasteiger partial charge in [-0.3, -0.25) is 4.79 Å². The van der Waals surface area contributed by atoms with Crippen LogP contribution in [0.1, 0.15) is 25.0 Å². The van der Waals surface area contributed by atoms with Crippen molar-refractivity contribution in [3.63, 3.8) is 0 Å². The molecule has 144 valence electrons. The van der Waals surface area contributed by atoms with Gasteiger partial charge in [0.2, 0.25) is 5.91 Å². The van der Waals surface area contributed by atoms with E-state index >= 15 is 0 Å². The SMILES string of the molecule is CCn1c(SCC(=O)N2c3ccccc3C[C@H]2C)nnc1-c1ccccc1C. The van der Waals surface area contributed by atoms with E-state index in [0.717, 1.165) is 35.2 Å². The Kier molecular flexibility index (Phi) is 5.22. The molecule has 1 aliphatic heterocycles. The number of nitrogens with zero attached hydrogens (tertiary/aromatic N) is 4. The zero-order chi connectivity index (χ0) is 19.7. The number of carbonyl (C=O) groups excluding carboxylic acids is 1. The van der Waals surface area contributed by atoms with E-state index in [-0.39, 0.29) is 11.9 Å². The minimum atomic E-state index is 0.116. The first-order valence-corrected chi connectivity index (χ1v) is 10.6. The summed E-state index contributed by atoms with van der Waals surface area (Å²) in [6.07, 6.45) is 0.912. The third-order valence-electron chi connectivity index (χ3n) is 5.22. The van der Waals surface area contributed by atoms with Crippen LogP contribution in [-0.2, 0) is 17.8 Å². The smallest absolute Gasteiger partial charge is 0.237 e. The molecule has 3 aromatic rings. The molecule has 0 radical (unpaired) electrons. The molecule has 0 N–H and O–H groups in total. The van der Waals surface area contributed by atoms with Crippen LogP contribution in [0, 0.1) is 6.92 Å². The van der Waals surface area contributed by atoms with Gasteiger partial charge in [-0.25, -0.2) is 0 Å². The van der Waals surface area contributed by atoms with Crippen LogP contribution in [-0.4, -0.2) is 32.5 Å². The summed E-state index contributed by atoms with van der Waals surface area (Å²) in [4.78, 5) is 14.9. The molecule has 2 aromatic carbocycles. The molecule has 0 fully saturated rings. The monoisotopic (exact) mass is 392 g/mol. The zero-order valence-electron chi connectivity index (χ0n) is 16.4. The average molecular weight is 393 g/mol. The van der Waals surface area contributed by atoms with E-state index in [1.54, 1.807) is 0 Å². The van der Waals surface area contributed by atoms with Crippen molar-refractivity contribution < 1.29 is 4.79 Å². The normalized spacial score (nSPS) is 15.7. The first-order valence-electron chi connectivity index (χ1n) is 9.62. The number of amides is 1. The summed E-state index contributed by atoms with van der Waals surface area (Å²) < 4.78 is 2.08. The van der Waals surface area contributed by atoms with Crippen LogP contribution in [0.5, 0.6) is 0 Å². The number of aromatic nitrogens is 3. The molecule has 0 aliphatic carbocycles. The highest BCUT2D eigenvalue weighted by Crippen LogP contribution is 2.33. The van der Waals surface area contributed by atoms with E-state index in [1.807, 2.05) is 35.2 Å². The van der Waals surface area contributed by atoms with Crippen LogP contribution < -0.4 is 4.90 Å². The second-order valence-electron chi connectivity index (χ2n) is 7.10. The number of rotatable bonds is 5. The molecule has 1 aromatic heterocycles. The fourth-order valence-electron chi connectivity index (χ4n) is 3.84. The minimum absolute atomic E-state index is 0.116. The molecule has 0 unspecified atom stereocenters. The van der Waals surface area contributed by atoms with E-state index in [0.29, 0.717) is 5.75 Å². The highest BCUT2D eigenvalue weighted by Gasteiger charge is 2.30. The van der Waals surface area contributed by atoms with E-state index in [1.165, 1.54) is 22.9 Å². The van der Waals surface area contributed by atoms with Crippen molar-refractivity contribution in [3.05, 3.63) is 59.7 Å². The molecule has 6 heteroatoms. The lowest BCUT2D eigenvalue weighted by Gasteiger charge is -2.22. The molecule has 2 heterocycles. The zero-order valence-corrected chi connectivity index (χ0v) is 17.2. The first-order chi connectivity index (χ1) is 13.6. The number of carbonyl (C=O) groups is 1.